The molecule has 1 aliphatic rings. The minimum atomic E-state index is -4.82. The van der Waals surface area contributed by atoms with E-state index < -0.39 is 25.1 Å². The SMILES string of the molecule is O=P(O)(O)OC1(CNc2nc(-c3cc(-c4ccon4)n(Cc4ccccc4F)n3)ncc2F)CCOCC1. The lowest BCUT2D eigenvalue weighted by Crippen LogP contribution is -2.44. The highest BCUT2D eigenvalue weighted by Crippen LogP contribution is 2.45. The van der Waals surface area contributed by atoms with E-state index in [2.05, 4.69) is 25.5 Å². The summed E-state index contributed by atoms with van der Waals surface area (Å²) in [5, 5.41) is 11.2. The number of phosphoric acid groups is 1. The van der Waals surface area contributed by atoms with Gasteiger partial charge in [-0.1, -0.05) is 23.4 Å². The molecule has 15 heteroatoms. The minimum absolute atomic E-state index is 0.0582. The topological polar surface area (TPSA) is 158 Å². The van der Waals surface area contributed by atoms with Crippen LogP contribution < -0.4 is 5.32 Å². The third-order valence-electron chi connectivity index (χ3n) is 6.03. The first kappa shape index (κ1) is 26.1. The fourth-order valence-corrected chi connectivity index (χ4v) is 4.89. The monoisotopic (exact) mass is 548 g/mol. The maximum absolute atomic E-state index is 14.6. The zero-order chi connectivity index (χ0) is 26.8. The Kier molecular flexibility index (Phi) is 7.32. The summed E-state index contributed by atoms with van der Waals surface area (Å²) in [5.41, 5.74) is 0.305. The third-order valence-corrected chi connectivity index (χ3v) is 6.65. The summed E-state index contributed by atoms with van der Waals surface area (Å²) in [4.78, 5) is 27.1. The van der Waals surface area contributed by atoms with E-state index in [1.165, 1.54) is 17.0 Å². The summed E-state index contributed by atoms with van der Waals surface area (Å²) < 4.78 is 57.3. The van der Waals surface area contributed by atoms with E-state index in [1.807, 2.05) is 0 Å². The van der Waals surface area contributed by atoms with Crippen molar-refractivity contribution in [1.82, 2.24) is 24.9 Å². The summed E-state index contributed by atoms with van der Waals surface area (Å²) in [6.07, 6.45) is 2.72. The molecule has 200 valence electrons. The van der Waals surface area contributed by atoms with Gasteiger partial charge in [-0.15, -0.1) is 0 Å². The van der Waals surface area contributed by atoms with Crippen LogP contribution in [0.5, 0.6) is 0 Å². The largest absolute Gasteiger partial charge is 0.470 e. The van der Waals surface area contributed by atoms with Gasteiger partial charge < -0.3 is 24.4 Å². The van der Waals surface area contributed by atoms with Crippen molar-refractivity contribution in [3.8, 4) is 22.9 Å². The molecule has 1 aliphatic heterocycles. The van der Waals surface area contributed by atoms with Crippen molar-refractivity contribution in [2.24, 2.45) is 0 Å². The smallest absolute Gasteiger partial charge is 0.381 e. The molecule has 0 atom stereocenters. The summed E-state index contributed by atoms with van der Waals surface area (Å²) in [6.45, 7) is 0.388. The van der Waals surface area contributed by atoms with Gasteiger partial charge in [-0.25, -0.2) is 23.3 Å². The third kappa shape index (κ3) is 5.95. The average Bonchev–Trinajstić information content (AvgIpc) is 3.55. The highest BCUT2D eigenvalue weighted by atomic mass is 31.2. The van der Waals surface area contributed by atoms with Gasteiger partial charge in [-0.05, 0) is 12.1 Å². The Labute approximate surface area is 214 Å². The van der Waals surface area contributed by atoms with Crippen LogP contribution in [-0.4, -0.2) is 60.1 Å². The molecule has 0 unspecified atom stereocenters. The number of nitrogens with one attached hydrogen (secondary N) is 1. The highest BCUT2D eigenvalue weighted by molar-refractivity contribution is 7.46. The molecule has 0 bridgehead atoms. The van der Waals surface area contributed by atoms with Gasteiger partial charge in [-0.2, -0.15) is 5.10 Å². The molecular weight excluding hydrogens is 525 g/mol. The number of hydrogen-bond acceptors (Lipinski definition) is 9. The maximum atomic E-state index is 14.6. The normalized spacial score (nSPS) is 15.5. The Hall–Kier alpha value is -3.55. The van der Waals surface area contributed by atoms with Gasteiger partial charge in [0.1, 0.15) is 29.1 Å². The van der Waals surface area contributed by atoms with Crippen molar-refractivity contribution < 1.29 is 36.9 Å². The standard InChI is InChI=1S/C23H23F2N6O6P/c24-16-4-2-1-3-15(16)13-31-20(18-5-8-36-30-18)11-19(29-31)22-26-12-17(25)21(28-22)27-14-23(37-38(32,33)34)6-9-35-10-7-23/h1-5,8,11-12H,6-7,9-10,13-14H2,(H,26,27,28)(H2,32,33,34). The lowest BCUT2D eigenvalue weighted by Gasteiger charge is -2.36. The number of anilines is 1. The second-order valence-electron chi connectivity index (χ2n) is 8.67. The van der Waals surface area contributed by atoms with Gasteiger partial charge in [0.25, 0.3) is 0 Å². The van der Waals surface area contributed by atoms with Crippen molar-refractivity contribution in [3.63, 3.8) is 0 Å². The molecule has 12 nitrogen and oxygen atoms in total. The van der Waals surface area contributed by atoms with Gasteiger partial charge in [0.2, 0.25) is 0 Å². The van der Waals surface area contributed by atoms with E-state index in [0.29, 0.717) is 17.0 Å². The Balaban J connectivity index is 1.44. The molecule has 1 saturated heterocycles. The van der Waals surface area contributed by atoms with Crippen LogP contribution in [0.15, 0.2) is 53.4 Å². The van der Waals surface area contributed by atoms with E-state index in [0.717, 1.165) is 6.20 Å². The predicted octanol–water partition coefficient (Wildman–Crippen LogP) is 3.39. The molecule has 1 fully saturated rings. The number of hydrogen-bond donors (Lipinski definition) is 3. The molecule has 4 aromatic rings. The molecule has 4 heterocycles. The van der Waals surface area contributed by atoms with Crippen LogP contribution in [0.4, 0.5) is 14.6 Å². The number of halogens is 2. The molecule has 0 aliphatic carbocycles. The van der Waals surface area contributed by atoms with Crippen molar-refractivity contribution in [2.75, 3.05) is 25.1 Å². The van der Waals surface area contributed by atoms with Crippen LogP contribution in [0.25, 0.3) is 22.9 Å². The lowest BCUT2D eigenvalue weighted by molar-refractivity contribution is -0.0508. The first-order valence-electron chi connectivity index (χ1n) is 11.5. The van der Waals surface area contributed by atoms with Crippen molar-refractivity contribution >= 4 is 13.6 Å². The van der Waals surface area contributed by atoms with Crippen LogP contribution >= 0.6 is 7.82 Å². The zero-order valence-corrected chi connectivity index (χ0v) is 20.7. The van der Waals surface area contributed by atoms with Gasteiger partial charge in [-0.3, -0.25) is 9.21 Å². The number of benzene rings is 1. The van der Waals surface area contributed by atoms with Gasteiger partial charge in [0.15, 0.2) is 17.5 Å². The highest BCUT2D eigenvalue weighted by Gasteiger charge is 2.40. The van der Waals surface area contributed by atoms with E-state index in [4.69, 9.17) is 13.8 Å². The summed E-state index contributed by atoms with van der Waals surface area (Å²) >= 11 is 0. The predicted molar refractivity (Wildman–Crippen MR) is 129 cm³/mol. The first-order valence-corrected chi connectivity index (χ1v) is 13.1. The van der Waals surface area contributed by atoms with E-state index in [-0.39, 0.29) is 56.5 Å². The van der Waals surface area contributed by atoms with Crippen molar-refractivity contribution in [1.29, 1.82) is 0 Å². The number of ether oxygens (including phenoxy) is 1. The van der Waals surface area contributed by atoms with E-state index in [9.17, 15) is 23.1 Å². The Morgan fingerprint density at radius 3 is 2.63 bits per heavy atom. The van der Waals surface area contributed by atoms with Crippen molar-refractivity contribution in [3.05, 3.63) is 66.1 Å². The van der Waals surface area contributed by atoms with Crippen LogP contribution in [0.3, 0.4) is 0 Å². The summed E-state index contributed by atoms with van der Waals surface area (Å²) in [7, 11) is -4.82. The fraction of sp³-hybridized carbons (Fsp3) is 0.304. The summed E-state index contributed by atoms with van der Waals surface area (Å²) in [6, 6.07) is 9.50. The first-order chi connectivity index (χ1) is 18.2. The molecule has 1 aromatic carbocycles. The number of nitrogens with zero attached hydrogens (tertiary/aromatic N) is 5. The number of rotatable bonds is 9. The zero-order valence-electron chi connectivity index (χ0n) is 19.8. The molecule has 0 radical (unpaired) electrons. The molecule has 3 aromatic heterocycles. The van der Waals surface area contributed by atoms with Gasteiger partial charge in [0, 0.05) is 44.2 Å². The lowest BCUT2D eigenvalue weighted by atomic mass is 9.94. The minimum Gasteiger partial charge on any atom is -0.381 e. The number of phosphoric ester groups is 1. The van der Waals surface area contributed by atoms with E-state index >= 15 is 0 Å². The molecule has 5 rings (SSSR count). The molecular formula is C23H23F2N6O6P. The van der Waals surface area contributed by atoms with Gasteiger partial charge >= 0.3 is 7.82 Å². The maximum Gasteiger partial charge on any atom is 0.470 e. The molecule has 3 N–H and O–H groups in total. The Bertz CT molecular complexity index is 1450. The molecule has 0 saturated carbocycles. The quantitative estimate of drug-likeness (QED) is 0.263. The number of aromatic nitrogens is 5. The average molecular weight is 548 g/mol. The molecule has 0 spiro atoms. The molecule has 38 heavy (non-hydrogen) atoms. The fourth-order valence-electron chi connectivity index (χ4n) is 4.14. The summed E-state index contributed by atoms with van der Waals surface area (Å²) in [5.74, 6) is -1.33. The van der Waals surface area contributed by atoms with Crippen LogP contribution in [0.2, 0.25) is 0 Å². The molecule has 0 amide bonds. The van der Waals surface area contributed by atoms with Crippen LogP contribution in [0.1, 0.15) is 18.4 Å². The van der Waals surface area contributed by atoms with Gasteiger partial charge in [0.05, 0.1) is 18.4 Å². The second-order valence-corrected chi connectivity index (χ2v) is 9.83. The van der Waals surface area contributed by atoms with E-state index in [1.54, 1.807) is 30.3 Å². The van der Waals surface area contributed by atoms with Crippen LogP contribution in [-0.2, 0) is 20.4 Å². The van der Waals surface area contributed by atoms with Crippen molar-refractivity contribution in [2.45, 2.75) is 25.0 Å². The Morgan fingerprint density at radius 2 is 1.92 bits per heavy atom. The second kappa shape index (κ2) is 10.7. The Morgan fingerprint density at radius 1 is 1.13 bits per heavy atom. The van der Waals surface area contributed by atoms with Crippen LogP contribution in [0, 0.1) is 11.6 Å².